The summed E-state index contributed by atoms with van der Waals surface area (Å²) in [5.41, 5.74) is 3.72. The number of esters is 1. The summed E-state index contributed by atoms with van der Waals surface area (Å²) in [4.78, 5) is 32.0. The number of aliphatic imine (C=N–C) groups is 1. The molecule has 0 aromatic heterocycles. The molecule has 3 atom stereocenters. The van der Waals surface area contributed by atoms with Crippen LogP contribution >= 0.6 is 0 Å². The highest BCUT2D eigenvalue weighted by Gasteiger charge is 2.45. The molecule has 206 valence electrons. The van der Waals surface area contributed by atoms with Crippen molar-refractivity contribution in [1.29, 1.82) is 0 Å². The third-order valence-corrected chi connectivity index (χ3v) is 7.50. The van der Waals surface area contributed by atoms with E-state index < -0.39 is 11.8 Å². The molecular weight excluding hydrogens is 506 g/mol. The maximum absolute atomic E-state index is 13.9. The summed E-state index contributed by atoms with van der Waals surface area (Å²) < 4.78 is 22.4. The van der Waals surface area contributed by atoms with Crippen molar-refractivity contribution in [3.8, 4) is 23.0 Å². The standard InChI is InChI=1S/C33H33NO6/c1-5-39-33(36)30-20(2)34-26-17-23(21-14-15-28(37-3)29(19-21)38-4)18-27(35)32(26)31(30)22-10-9-13-25(16-22)40-24-11-7-6-8-12-24/h6-16,19,23,30-31H,5,17-18H2,1-4H3/t23-,30?,31+/m0/s1. The number of rotatable bonds is 8. The average molecular weight is 540 g/mol. The van der Waals surface area contributed by atoms with Crippen LogP contribution in [0, 0.1) is 5.92 Å². The van der Waals surface area contributed by atoms with Crippen LogP contribution in [0.3, 0.4) is 0 Å². The van der Waals surface area contributed by atoms with E-state index in [9.17, 15) is 9.59 Å². The molecule has 0 radical (unpaired) electrons. The molecular formula is C33H33NO6. The van der Waals surface area contributed by atoms with Gasteiger partial charge in [0.15, 0.2) is 17.3 Å². The Morgan fingerprint density at radius 2 is 1.62 bits per heavy atom. The van der Waals surface area contributed by atoms with Crippen LogP contribution in [0.25, 0.3) is 0 Å². The first-order chi connectivity index (χ1) is 19.4. The van der Waals surface area contributed by atoms with E-state index >= 15 is 0 Å². The van der Waals surface area contributed by atoms with Gasteiger partial charge in [-0.1, -0.05) is 36.4 Å². The smallest absolute Gasteiger partial charge is 0.315 e. The lowest BCUT2D eigenvalue weighted by Crippen LogP contribution is -2.38. The molecule has 0 bridgehead atoms. The highest BCUT2D eigenvalue weighted by atomic mass is 16.5. The fourth-order valence-electron chi connectivity index (χ4n) is 5.70. The normalized spacial score (nSPS) is 20.4. The van der Waals surface area contributed by atoms with Gasteiger partial charge in [0.05, 0.1) is 20.8 Å². The molecule has 0 saturated heterocycles. The zero-order chi connectivity index (χ0) is 28.2. The van der Waals surface area contributed by atoms with Crippen LogP contribution < -0.4 is 14.2 Å². The summed E-state index contributed by atoms with van der Waals surface area (Å²) in [6.07, 6.45) is 0.870. The molecule has 0 N–H and O–H groups in total. The van der Waals surface area contributed by atoms with Crippen molar-refractivity contribution in [2.24, 2.45) is 10.9 Å². The number of nitrogens with zero attached hydrogens (tertiary/aromatic N) is 1. The average Bonchev–Trinajstić information content (AvgIpc) is 2.96. The van der Waals surface area contributed by atoms with E-state index in [-0.39, 0.29) is 24.3 Å². The minimum atomic E-state index is -0.702. The van der Waals surface area contributed by atoms with Gasteiger partial charge in [-0.05, 0) is 73.7 Å². The van der Waals surface area contributed by atoms with Crippen LogP contribution in [-0.2, 0) is 14.3 Å². The number of Topliss-reactive ketones (excluding diaryl/α,β-unsaturated/α-hetero) is 1. The number of hydrogen-bond acceptors (Lipinski definition) is 7. The minimum Gasteiger partial charge on any atom is -0.493 e. The van der Waals surface area contributed by atoms with Gasteiger partial charge in [-0.25, -0.2) is 0 Å². The molecule has 1 aliphatic heterocycles. The Balaban J connectivity index is 1.55. The van der Waals surface area contributed by atoms with Gasteiger partial charge in [-0.3, -0.25) is 14.6 Å². The number of allylic oxidation sites excluding steroid dienone is 2. The summed E-state index contributed by atoms with van der Waals surface area (Å²) in [6.45, 7) is 3.86. The third-order valence-electron chi connectivity index (χ3n) is 7.50. The molecule has 1 heterocycles. The number of ether oxygens (including phenoxy) is 4. The summed E-state index contributed by atoms with van der Waals surface area (Å²) in [5.74, 6) is 0.873. The largest absolute Gasteiger partial charge is 0.493 e. The highest BCUT2D eigenvalue weighted by Crippen LogP contribution is 2.48. The van der Waals surface area contributed by atoms with E-state index in [1.807, 2.05) is 79.7 Å². The van der Waals surface area contributed by atoms with Crippen LogP contribution in [0.5, 0.6) is 23.0 Å². The number of para-hydroxylation sites is 1. The first-order valence-electron chi connectivity index (χ1n) is 13.5. The minimum absolute atomic E-state index is 0.0223. The van der Waals surface area contributed by atoms with E-state index in [0.717, 1.165) is 11.1 Å². The molecule has 3 aromatic carbocycles. The quantitative estimate of drug-likeness (QED) is 0.299. The zero-order valence-electron chi connectivity index (χ0n) is 23.2. The Labute approximate surface area is 234 Å². The van der Waals surface area contributed by atoms with Crippen LogP contribution in [0.1, 0.15) is 49.7 Å². The fourth-order valence-corrected chi connectivity index (χ4v) is 5.70. The topological polar surface area (TPSA) is 83.4 Å². The van der Waals surface area contributed by atoms with Crippen molar-refractivity contribution in [3.63, 3.8) is 0 Å². The number of carbonyl (C=O) groups excluding carboxylic acids is 2. The van der Waals surface area contributed by atoms with Crippen molar-refractivity contribution in [2.45, 2.75) is 38.5 Å². The lowest BCUT2D eigenvalue weighted by molar-refractivity contribution is -0.146. The second-order valence-electron chi connectivity index (χ2n) is 9.95. The fraction of sp³-hybridized carbons (Fsp3) is 0.303. The van der Waals surface area contributed by atoms with Crippen LogP contribution in [0.15, 0.2) is 89.1 Å². The van der Waals surface area contributed by atoms with Gasteiger partial charge in [0.2, 0.25) is 0 Å². The van der Waals surface area contributed by atoms with E-state index in [4.69, 9.17) is 23.9 Å². The van der Waals surface area contributed by atoms with Crippen molar-refractivity contribution < 1.29 is 28.5 Å². The number of ketones is 1. The molecule has 40 heavy (non-hydrogen) atoms. The molecule has 7 nitrogen and oxygen atoms in total. The van der Waals surface area contributed by atoms with Crippen LogP contribution in [-0.4, -0.2) is 38.3 Å². The molecule has 0 spiro atoms. The Kier molecular flexibility index (Phi) is 8.01. The molecule has 3 aromatic rings. The number of benzene rings is 3. The molecule has 0 saturated carbocycles. The lowest BCUT2D eigenvalue weighted by atomic mass is 9.69. The van der Waals surface area contributed by atoms with Gasteiger partial charge in [0, 0.05) is 29.3 Å². The first kappa shape index (κ1) is 27.2. The number of hydrogen-bond donors (Lipinski definition) is 0. The van der Waals surface area contributed by atoms with Gasteiger partial charge in [-0.2, -0.15) is 0 Å². The zero-order valence-corrected chi connectivity index (χ0v) is 23.2. The SMILES string of the molecule is CCOC(=O)C1C(C)=NC2=C(C(=O)C[C@@H](c3ccc(OC)c(OC)c3)C2)[C@@H]1c1cccc(Oc2ccccc2)c1. The van der Waals surface area contributed by atoms with E-state index in [1.54, 1.807) is 21.1 Å². The second-order valence-corrected chi connectivity index (χ2v) is 9.95. The summed E-state index contributed by atoms with van der Waals surface area (Å²) in [7, 11) is 3.19. The maximum atomic E-state index is 13.9. The van der Waals surface area contributed by atoms with Gasteiger partial charge in [-0.15, -0.1) is 0 Å². The monoisotopic (exact) mass is 539 g/mol. The Hall–Kier alpha value is -4.39. The molecule has 2 aliphatic rings. The number of carbonyl (C=O) groups is 2. The first-order valence-corrected chi connectivity index (χ1v) is 13.5. The summed E-state index contributed by atoms with van der Waals surface area (Å²) in [6, 6.07) is 22.8. The number of methoxy groups -OCH3 is 2. The van der Waals surface area contributed by atoms with E-state index in [2.05, 4.69) is 0 Å². The van der Waals surface area contributed by atoms with E-state index in [0.29, 0.717) is 52.8 Å². The predicted molar refractivity (Wildman–Crippen MR) is 152 cm³/mol. The molecule has 1 unspecified atom stereocenters. The molecule has 7 heteroatoms. The summed E-state index contributed by atoms with van der Waals surface area (Å²) >= 11 is 0. The molecule has 0 fully saturated rings. The summed E-state index contributed by atoms with van der Waals surface area (Å²) in [5, 5.41) is 0. The van der Waals surface area contributed by atoms with Crippen molar-refractivity contribution in [1.82, 2.24) is 0 Å². The van der Waals surface area contributed by atoms with Crippen molar-refractivity contribution in [2.75, 3.05) is 20.8 Å². The second kappa shape index (κ2) is 11.8. The van der Waals surface area contributed by atoms with Gasteiger partial charge in [0.1, 0.15) is 17.4 Å². The predicted octanol–water partition coefficient (Wildman–Crippen LogP) is 6.63. The van der Waals surface area contributed by atoms with Gasteiger partial charge in [0.25, 0.3) is 0 Å². The maximum Gasteiger partial charge on any atom is 0.315 e. The molecule has 0 amide bonds. The van der Waals surface area contributed by atoms with Crippen molar-refractivity contribution in [3.05, 3.63) is 95.2 Å². The third kappa shape index (κ3) is 5.37. The van der Waals surface area contributed by atoms with Gasteiger partial charge >= 0.3 is 5.97 Å². The Bertz CT molecular complexity index is 1480. The van der Waals surface area contributed by atoms with E-state index in [1.165, 1.54) is 0 Å². The highest BCUT2D eigenvalue weighted by molar-refractivity contribution is 6.09. The molecule has 5 rings (SSSR count). The molecule has 1 aliphatic carbocycles. The lowest BCUT2D eigenvalue weighted by Gasteiger charge is -2.36. The Morgan fingerprint density at radius 1 is 0.875 bits per heavy atom. The van der Waals surface area contributed by atoms with Crippen molar-refractivity contribution >= 4 is 17.5 Å². The van der Waals surface area contributed by atoms with Gasteiger partial charge < -0.3 is 18.9 Å². The Morgan fingerprint density at radius 3 is 2.35 bits per heavy atom. The van der Waals surface area contributed by atoms with Crippen LogP contribution in [0.2, 0.25) is 0 Å². The van der Waals surface area contributed by atoms with Crippen LogP contribution in [0.4, 0.5) is 0 Å².